The van der Waals surface area contributed by atoms with Gasteiger partial charge in [0.05, 0.1) is 7.11 Å². The van der Waals surface area contributed by atoms with Crippen LogP contribution in [-0.2, 0) is 0 Å². The number of para-hydroxylation sites is 1. The summed E-state index contributed by atoms with van der Waals surface area (Å²) in [6.07, 6.45) is 3.42. The van der Waals surface area contributed by atoms with E-state index in [1.54, 1.807) is 19.5 Å². The molecule has 0 spiro atoms. The zero-order chi connectivity index (χ0) is 11.7. The Hall–Kier alpha value is -2.36. The summed E-state index contributed by atoms with van der Waals surface area (Å²) in [6, 6.07) is 9.35. The zero-order valence-corrected chi connectivity index (χ0v) is 9.25. The van der Waals surface area contributed by atoms with Crippen molar-refractivity contribution < 1.29 is 9.15 Å². The molecule has 0 aliphatic rings. The average Bonchev–Trinajstić information content (AvgIpc) is 2.83. The van der Waals surface area contributed by atoms with Crippen molar-refractivity contribution in [1.29, 1.82) is 0 Å². The first-order valence-electron chi connectivity index (χ1n) is 5.22. The second kappa shape index (κ2) is 3.90. The lowest BCUT2D eigenvalue weighted by molar-refractivity contribution is 0.411. The number of fused-ring (bicyclic) bond motifs is 1. The monoisotopic (exact) mass is 226 g/mol. The predicted molar refractivity (Wildman–Crippen MR) is 63.8 cm³/mol. The van der Waals surface area contributed by atoms with Crippen LogP contribution >= 0.6 is 0 Å². The van der Waals surface area contributed by atoms with Crippen LogP contribution in [0.25, 0.3) is 22.6 Å². The summed E-state index contributed by atoms with van der Waals surface area (Å²) in [5, 5.41) is 0. The summed E-state index contributed by atoms with van der Waals surface area (Å²) in [7, 11) is 1.61. The second-order valence-corrected chi connectivity index (χ2v) is 3.56. The molecule has 1 aromatic carbocycles. The Balaban J connectivity index is 2.20. The molecule has 2 heterocycles. The Bertz CT molecular complexity index is 647. The molecule has 2 aromatic heterocycles. The lowest BCUT2D eigenvalue weighted by Crippen LogP contribution is -1.81. The van der Waals surface area contributed by atoms with Crippen molar-refractivity contribution in [2.75, 3.05) is 7.11 Å². The van der Waals surface area contributed by atoms with Crippen molar-refractivity contribution in [3.8, 4) is 17.2 Å². The number of rotatable bonds is 2. The van der Waals surface area contributed by atoms with Gasteiger partial charge in [0.2, 0.25) is 5.89 Å². The molecule has 0 N–H and O–H groups in total. The molecule has 0 saturated carbocycles. The number of ether oxygens (including phenoxy) is 1. The maximum absolute atomic E-state index is 5.71. The SMILES string of the molecule is COc1cccc2nc(-c3ccncc3)oc12. The quantitative estimate of drug-likeness (QED) is 0.674. The zero-order valence-electron chi connectivity index (χ0n) is 9.25. The topological polar surface area (TPSA) is 48.2 Å². The van der Waals surface area contributed by atoms with E-state index < -0.39 is 0 Å². The molecule has 0 amide bonds. The van der Waals surface area contributed by atoms with Gasteiger partial charge in [-0.05, 0) is 24.3 Å². The highest BCUT2D eigenvalue weighted by Crippen LogP contribution is 2.29. The summed E-state index contributed by atoms with van der Waals surface area (Å²) in [6.45, 7) is 0. The summed E-state index contributed by atoms with van der Waals surface area (Å²) >= 11 is 0. The van der Waals surface area contributed by atoms with Crippen LogP contribution in [0, 0.1) is 0 Å². The smallest absolute Gasteiger partial charge is 0.227 e. The van der Waals surface area contributed by atoms with Gasteiger partial charge < -0.3 is 9.15 Å². The highest BCUT2D eigenvalue weighted by Gasteiger charge is 2.11. The molecule has 0 atom stereocenters. The van der Waals surface area contributed by atoms with Gasteiger partial charge in [0.15, 0.2) is 11.3 Å². The van der Waals surface area contributed by atoms with Crippen LogP contribution in [0.1, 0.15) is 0 Å². The van der Waals surface area contributed by atoms with Gasteiger partial charge in [-0.1, -0.05) is 6.07 Å². The Labute approximate surface area is 97.9 Å². The van der Waals surface area contributed by atoms with Crippen molar-refractivity contribution in [3.63, 3.8) is 0 Å². The maximum Gasteiger partial charge on any atom is 0.227 e. The van der Waals surface area contributed by atoms with E-state index in [0.29, 0.717) is 17.2 Å². The van der Waals surface area contributed by atoms with Gasteiger partial charge in [0.25, 0.3) is 0 Å². The van der Waals surface area contributed by atoms with Crippen LogP contribution in [0.3, 0.4) is 0 Å². The second-order valence-electron chi connectivity index (χ2n) is 3.56. The molecular formula is C13H10N2O2. The van der Waals surface area contributed by atoms with Gasteiger partial charge in [0.1, 0.15) is 5.52 Å². The van der Waals surface area contributed by atoms with Gasteiger partial charge in [0, 0.05) is 18.0 Å². The minimum Gasteiger partial charge on any atom is -0.493 e. The summed E-state index contributed by atoms with van der Waals surface area (Å²) < 4.78 is 10.9. The number of hydrogen-bond acceptors (Lipinski definition) is 4. The molecule has 0 aliphatic heterocycles. The predicted octanol–water partition coefficient (Wildman–Crippen LogP) is 2.90. The molecule has 0 saturated heterocycles. The fourth-order valence-corrected chi connectivity index (χ4v) is 1.70. The highest BCUT2D eigenvalue weighted by molar-refractivity contribution is 5.81. The molecule has 0 unspecified atom stereocenters. The van der Waals surface area contributed by atoms with E-state index >= 15 is 0 Å². The summed E-state index contributed by atoms with van der Waals surface area (Å²) in [5.41, 5.74) is 2.36. The van der Waals surface area contributed by atoms with E-state index in [9.17, 15) is 0 Å². The van der Waals surface area contributed by atoms with Crippen LogP contribution in [-0.4, -0.2) is 17.1 Å². The molecule has 0 bridgehead atoms. The number of methoxy groups -OCH3 is 1. The molecule has 4 heteroatoms. The first kappa shape index (κ1) is 9.84. The van der Waals surface area contributed by atoms with E-state index in [4.69, 9.17) is 9.15 Å². The van der Waals surface area contributed by atoms with Gasteiger partial charge in [-0.25, -0.2) is 4.98 Å². The molecule has 3 rings (SSSR count). The Morgan fingerprint density at radius 3 is 2.71 bits per heavy atom. The van der Waals surface area contributed by atoms with Crippen molar-refractivity contribution in [2.24, 2.45) is 0 Å². The number of benzene rings is 1. The van der Waals surface area contributed by atoms with E-state index in [-0.39, 0.29) is 0 Å². The van der Waals surface area contributed by atoms with Gasteiger partial charge in [-0.15, -0.1) is 0 Å². The first-order valence-corrected chi connectivity index (χ1v) is 5.22. The largest absolute Gasteiger partial charge is 0.493 e. The summed E-state index contributed by atoms with van der Waals surface area (Å²) in [5.74, 6) is 1.27. The third-order valence-electron chi connectivity index (χ3n) is 2.53. The molecule has 0 fully saturated rings. The minimum atomic E-state index is 0.576. The lowest BCUT2D eigenvalue weighted by atomic mass is 10.3. The van der Waals surface area contributed by atoms with Crippen molar-refractivity contribution in [1.82, 2.24) is 9.97 Å². The van der Waals surface area contributed by atoms with Gasteiger partial charge >= 0.3 is 0 Å². The third kappa shape index (κ3) is 1.63. The number of hydrogen-bond donors (Lipinski definition) is 0. The number of nitrogens with zero attached hydrogens (tertiary/aromatic N) is 2. The lowest BCUT2D eigenvalue weighted by Gasteiger charge is -1.97. The van der Waals surface area contributed by atoms with Crippen LogP contribution in [0.4, 0.5) is 0 Å². The van der Waals surface area contributed by atoms with Crippen molar-refractivity contribution in [2.45, 2.75) is 0 Å². The number of aromatic nitrogens is 2. The normalized spacial score (nSPS) is 10.6. The first-order chi connectivity index (χ1) is 8.38. The Morgan fingerprint density at radius 1 is 1.12 bits per heavy atom. The average molecular weight is 226 g/mol. The Morgan fingerprint density at radius 2 is 1.94 bits per heavy atom. The fraction of sp³-hybridized carbons (Fsp3) is 0.0769. The molecule has 3 aromatic rings. The molecule has 17 heavy (non-hydrogen) atoms. The third-order valence-corrected chi connectivity index (χ3v) is 2.53. The van der Waals surface area contributed by atoms with E-state index in [1.807, 2.05) is 30.3 Å². The van der Waals surface area contributed by atoms with E-state index in [1.165, 1.54) is 0 Å². The van der Waals surface area contributed by atoms with E-state index in [2.05, 4.69) is 9.97 Å². The highest BCUT2D eigenvalue weighted by atomic mass is 16.5. The van der Waals surface area contributed by atoms with Crippen LogP contribution in [0.5, 0.6) is 5.75 Å². The molecule has 84 valence electrons. The van der Waals surface area contributed by atoms with Crippen molar-refractivity contribution in [3.05, 3.63) is 42.7 Å². The summed E-state index contributed by atoms with van der Waals surface area (Å²) in [4.78, 5) is 8.38. The number of pyridine rings is 1. The number of oxazole rings is 1. The minimum absolute atomic E-state index is 0.576. The van der Waals surface area contributed by atoms with E-state index in [0.717, 1.165) is 11.1 Å². The van der Waals surface area contributed by atoms with Crippen molar-refractivity contribution >= 4 is 11.1 Å². The van der Waals surface area contributed by atoms with Gasteiger partial charge in [-0.3, -0.25) is 4.98 Å². The molecule has 0 aliphatic carbocycles. The van der Waals surface area contributed by atoms with Crippen LogP contribution < -0.4 is 4.74 Å². The molecule has 4 nitrogen and oxygen atoms in total. The molecular weight excluding hydrogens is 216 g/mol. The molecule has 0 radical (unpaired) electrons. The van der Waals surface area contributed by atoms with Gasteiger partial charge in [-0.2, -0.15) is 0 Å². The Kier molecular flexibility index (Phi) is 2.26. The van der Waals surface area contributed by atoms with Crippen LogP contribution in [0.2, 0.25) is 0 Å². The fourth-order valence-electron chi connectivity index (χ4n) is 1.70. The van der Waals surface area contributed by atoms with Crippen LogP contribution in [0.15, 0.2) is 47.1 Å². The standard InChI is InChI=1S/C13H10N2O2/c1-16-11-4-2-3-10-12(11)17-13(15-10)9-5-7-14-8-6-9/h2-8H,1H3. The maximum atomic E-state index is 5.71.